The van der Waals surface area contributed by atoms with Crippen LogP contribution in [0.2, 0.25) is 0 Å². The van der Waals surface area contributed by atoms with E-state index in [1.807, 2.05) is 18.4 Å². The van der Waals surface area contributed by atoms with Crippen molar-refractivity contribution < 1.29 is 5.11 Å². The van der Waals surface area contributed by atoms with E-state index in [1.54, 1.807) is 17.8 Å². The van der Waals surface area contributed by atoms with Crippen LogP contribution in [-0.4, -0.2) is 17.9 Å². The van der Waals surface area contributed by atoms with Crippen LogP contribution in [0.15, 0.2) is 23.1 Å². The van der Waals surface area contributed by atoms with Gasteiger partial charge in [-0.3, -0.25) is 0 Å². The molecular weight excluding hydrogens is 184 g/mol. The van der Waals surface area contributed by atoms with E-state index < -0.39 is 0 Å². The molecule has 0 heterocycles. The van der Waals surface area contributed by atoms with E-state index in [-0.39, 0.29) is 11.8 Å². The second-order valence-electron chi connectivity index (χ2n) is 2.77. The zero-order valence-electron chi connectivity index (χ0n) is 7.53. The Morgan fingerprint density at radius 3 is 2.77 bits per heavy atom. The molecule has 5 N–H and O–H groups in total. The first-order chi connectivity index (χ1) is 6.19. The molecule has 0 aromatic heterocycles. The lowest BCUT2D eigenvalue weighted by Crippen LogP contribution is -2.20. The largest absolute Gasteiger partial charge is 0.508 e. The van der Waals surface area contributed by atoms with E-state index in [4.69, 9.17) is 11.5 Å². The van der Waals surface area contributed by atoms with Gasteiger partial charge in [0.2, 0.25) is 0 Å². The van der Waals surface area contributed by atoms with Crippen molar-refractivity contribution in [3.8, 4) is 5.75 Å². The predicted octanol–water partition coefficient (Wildman–Crippen LogP) is 1.07. The van der Waals surface area contributed by atoms with Gasteiger partial charge in [0.1, 0.15) is 5.75 Å². The maximum absolute atomic E-state index is 9.49. The van der Waals surface area contributed by atoms with Crippen LogP contribution in [0.25, 0.3) is 0 Å². The smallest absolute Gasteiger partial charge is 0.120 e. The van der Waals surface area contributed by atoms with Crippen molar-refractivity contribution in [2.24, 2.45) is 11.5 Å². The third-order valence-electron chi connectivity index (χ3n) is 1.89. The van der Waals surface area contributed by atoms with Gasteiger partial charge in [-0.2, -0.15) is 0 Å². The summed E-state index contributed by atoms with van der Waals surface area (Å²) in [5, 5.41) is 9.49. The Balaban J connectivity index is 3.03. The van der Waals surface area contributed by atoms with Gasteiger partial charge in [-0.1, -0.05) is 0 Å². The normalized spacial score (nSPS) is 12.8. The maximum Gasteiger partial charge on any atom is 0.120 e. The quantitative estimate of drug-likeness (QED) is 0.635. The van der Waals surface area contributed by atoms with Crippen LogP contribution >= 0.6 is 11.8 Å². The lowest BCUT2D eigenvalue weighted by molar-refractivity contribution is 0.461. The second kappa shape index (κ2) is 4.50. The molecule has 4 heteroatoms. The van der Waals surface area contributed by atoms with Crippen molar-refractivity contribution in [3.63, 3.8) is 0 Å². The molecule has 1 atom stereocenters. The van der Waals surface area contributed by atoms with E-state index in [1.165, 1.54) is 0 Å². The molecule has 1 aromatic rings. The van der Waals surface area contributed by atoms with Gasteiger partial charge in [0.25, 0.3) is 0 Å². The van der Waals surface area contributed by atoms with Crippen LogP contribution in [0, 0.1) is 0 Å². The minimum atomic E-state index is -0.285. The molecule has 0 bridgehead atoms. The van der Waals surface area contributed by atoms with Crippen molar-refractivity contribution >= 4 is 11.8 Å². The van der Waals surface area contributed by atoms with Gasteiger partial charge >= 0.3 is 0 Å². The molecule has 1 rings (SSSR count). The molecular formula is C9H14N2OS. The van der Waals surface area contributed by atoms with E-state index in [2.05, 4.69) is 0 Å². The summed E-state index contributed by atoms with van der Waals surface area (Å²) in [6, 6.07) is 5.09. The van der Waals surface area contributed by atoms with E-state index in [0.717, 1.165) is 4.90 Å². The Bertz CT molecular complexity index is 291. The molecule has 0 radical (unpaired) electrons. The highest BCUT2D eigenvalue weighted by molar-refractivity contribution is 7.98. The van der Waals surface area contributed by atoms with Crippen LogP contribution in [0.1, 0.15) is 11.6 Å². The van der Waals surface area contributed by atoms with Crippen LogP contribution in [0.4, 0.5) is 0 Å². The number of aromatic hydroxyl groups is 1. The number of hydrogen-bond donors (Lipinski definition) is 3. The molecule has 0 unspecified atom stereocenters. The Morgan fingerprint density at radius 2 is 2.23 bits per heavy atom. The molecule has 0 aliphatic rings. The fourth-order valence-electron chi connectivity index (χ4n) is 1.08. The van der Waals surface area contributed by atoms with Gasteiger partial charge < -0.3 is 16.6 Å². The molecule has 0 spiro atoms. The first-order valence-electron chi connectivity index (χ1n) is 4.01. The van der Waals surface area contributed by atoms with Gasteiger partial charge in [-0.05, 0) is 24.5 Å². The van der Waals surface area contributed by atoms with Crippen molar-refractivity contribution in [1.29, 1.82) is 0 Å². The number of phenolic OH excluding ortho intramolecular Hbond substituents is 1. The topological polar surface area (TPSA) is 72.3 Å². The van der Waals surface area contributed by atoms with Gasteiger partial charge in [-0.15, -0.1) is 11.8 Å². The van der Waals surface area contributed by atoms with Gasteiger partial charge in [0, 0.05) is 23.0 Å². The zero-order valence-corrected chi connectivity index (χ0v) is 8.34. The average molecular weight is 198 g/mol. The zero-order chi connectivity index (χ0) is 9.84. The van der Waals surface area contributed by atoms with E-state index in [0.29, 0.717) is 12.1 Å². The van der Waals surface area contributed by atoms with Crippen LogP contribution in [0.5, 0.6) is 5.75 Å². The van der Waals surface area contributed by atoms with Crippen LogP contribution < -0.4 is 11.5 Å². The molecule has 0 aliphatic carbocycles. The Kier molecular flexibility index (Phi) is 3.59. The van der Waals surface area contributed by atoms with E-state index >= 15 is 0 Å². The number of benzene rings is 1. The summed E-state index contributed by atoms with van der Waals surface area (Å²) in [6.07, 6.45) is 1.98. The Hall–Kier alpha value is -0.710. The van der Waals surface area contributed by atoms with Crippen molar-refractivity contribution in [2.75, 3.05) is 12.8 Å². The molecule has 0 saturated carbocycles. The number of nitrogens with two attached hydrogens (primary N) is 2. The highest BCUT2D eigenvalue weighted by Crippen LogP contribution is 2.27. The van der Waals surface area contributed by atoms with Crippen molar-refractivity contribution in [3.05, 3.63) is 23.8 Å². The number of phenols is 1. The summed E-state index contributed by atoms with van der Waals surface area (Å²) >= 11 is 1.61. The molecule has 3 nitrogen and oxygen atoms in total. The predicted molar refractivity (Wildman–Crippen MR) is 55.9 cm³/mol. The minimum Gasteiger partial charge on any atom is -0.508 e. The first-order valence-corrected chi connectivity index (χ1v) is 5.24. The fourth-order valence-corrected chi connectivity index (χ4v) is 1.53. The molecule has 0 saturated heterocycles. The number of thioether (sulfide) groups is 1. The summed E-state index contributed by atoms with van der Waals surface area (Å²) < 4.78 is 0. The summed E-state index contributed by atoms with van der Waals surface area (Å²) in [4.78, 5) is 1.08. The monoisotopic (exact) mass is 198 g/mol. The number of hydrogen-bond acceptors (Lipinski definition) is 4. The summed E-state index contributed by atoms with van der Waals surface area (Å²) in [5.74, 6) is 0.218. The van der Waals surface area contributed by atoms with E-state index in [9.17, 15) is 5.11 Å². The highest BCUT2D eigenvalue weighted by atomic mass is 32.2. The molecule has 0 amide bonds. The third-order valence-corrected chi connectivity index (χ3v) is 2.61. The van der Waals surface area contributed by atoms with Crippen molar-refractivity contribution in [2.45, 2.75) is 10.9 Å². The van der Waals surface area contributed by atoms with Gasteiger partial charge in [0.05, 0.1) is 0 Å². The van der Waals surface area contributed by atoms with Gasteiger partial charge in [-0.25, -0.2) is 0 Å². The summed E-state index contributed by atoms with van der Waals surface area (Å²) in [7, 11) is 0. The molecule has 0 aliphatic heterocycles. The summed E-state index contributed by atoms with van der Waals surface area (Å²) in [6.45, 7) is 0.339. The molecule has 72 valence electrons. The van der Waals surface area contributed by atoms with Crippen LogP contribution in [-0.2, 0) is 0 Å². The SMILES string of the molecule is CSc1ccc(O)c([C@@H](N)CN)c1. The molecule has 13 heavy (non-hydrogen) atoms. The van der Waals surface area contributed by atoms with Crippen LogP contribution in [0.3, 0.4) is 0 Å². The fraction of sp³-hybridized carbons (Fsp3) is 0.333. The van der Waals surface area contributed by atoms with Crippen molar-refractivity contribution in [1.82, 2.24) is 0 Å². The lowest BCUT2D eigenvalue weighted by atomic mass is 10.1. The molecule has 1 aromatic carbocycles. The molecule has 0 fully saturated rings. The standard InChI is InChI=1S/C9H14N2OS/c1-13-6-2-3-9(12)7(4-6)8(11)5-10/h2-4,8,12H,5,10-11H2,1H3/t8-/m0/s1. The van der Waals surface area contributed by atoms with Gasteiger partial charge in [0.15, 0.2) is 0 Å². The number of rotatable bonds is 3. The lowest BCUT2D eigenvalue weighted by Gasteiger charge is -2.11. The Labute approximate surface area is 82.1 Å². The average Bonchev–Trinajstić information content (AvgIpc) is 2.17. The summed E-state index contributed by atoms with van der Waals surface area (Å²) in [5.41, 5.74) is 11.9. The highest BCUT2D eigenvalue weighted by Gasteiger charge is 2.09. The Morgan fingerprint density at radius 1 is 1.54 bits per heavy atom. The first kappa shape index (κ1) is 10.4. The minimum absolute atomic E-state index is 0.218. The maximum atomic E-state index is 9.49. The third kappa shape index (κ3) is 2.37. The second-order valence-corrected chi connectivity index (χ2v) is 3.65.